The van der Waals surface area contributed by atoms with Crippen LogP contribution in [0.25, 0.3) is 10.4 Å². The normalized spacial score (nSPS) is 27.4. The van der Waals surface area contributed by atoms with E-state index in [-0.39, 0.29) is 0 Å². The summed E-state index contributed by atoms with van der Waals surface area (Å²) in [6.07, 6.45) is -3.02. The summed E-state index contributed by atoms with van der Waals surface area (Å²) in [6, 6.07) is 8.23. The fourth-order valence-corrected chi connectivity index (χ4v) is 3.87. The molecular weight excluding hydrogens is 453 g/mol. The molecule has 28 heavy (non-hydrogen) atoms. The molecule has 1 saturated heterocycles. The molecule has 0 saturated carbocycles. The van der Waals surface area contributed by atoms with E-state index in [1.165, 1.54) is 18.7 Å². The lowest BCUT2D eigenvalue weighted by Crippen LogP contribution is -2.58. The number of nitrogens with zero attached hydrogens (tertiary/aromatic N) is 3. The van der Waals surface area contributed by atoms with Crippen molar-refractivity contribution in [3.05, 3.63) is 40.8 Å². The third-order valence-electron chi connectivity index (χ3n) is 3.71. The second kappa shape index (κ2) is 9.91. The summed E-state index contributed by atoms with van der Waals surface area (Å²) in [7, 11) is 0. The zero-order valence-corrected chi connectivity index (χ0v) is 17.8. The highest BCUT2D eigenvalue weighted by Gasteiger charge is 2.50. The molecule has 1 heterocycles. The molecule has 1 unspecified atom stereocenters. The molecule has 0 spiro atoms. The van der Waals surface area contributed by atoms with E-state index in [0.717, 1.165) is 4.90 Å². The summed E-state index contributed by atoms with van der Waals surface area (Å²) in [6.45, 7) is 2.79. The largest absolute Gasteiger partial charge is 0.458 e. The van der Waals surface area contributed by atoms with Crippen molar-refractivity contribution in [2.45, 2.75) is 52.3 Å². The highest BCUT2D eigenvalue weighted by molar-refractivity contribution is 7.99. The van der Waals surface area contributed by atoms with Crippen molar-refractivity contribution in [3.8, 4) is 0 Å². The topological polar surface area (TPSA) is 111 Å². The van der Waals surface area contributed by atoms with Crippen molar-refractivity contribution < 1.29 is 23.8 Å². The second-order valence-electron chi connectivity index (χ2n) is 5.78. The van der Waals surface area contributed by atoms with Gasteiger partial charge >= 0.3 is 11.9 Å². The van der Waals surface area contributed by atoms with E-state index in [2.05, 4.69) is 10.0 Å². The average molecular weight is 469 g/mol. The molecule has 152 valence electrons. The lowest BCUT2D eigenvalue weighted by atomic mass is 9.98. The van der Waals surface area contributed by atoms with Gasteiger partial charge in [-0.25, -0.2) is 4.79 Å². The Balaban J connectivity index is 2.34. The second-order valence-corrected chi connectivity index (χ2v) is 9.23. The van der Waals surface area contributed by atoms with Gasteiger partial charge in [0.25, 0.3) is 3.79 Å². The summed E-state index contributed by atoms with van der Waals surface area (Å²) < 4.78 is 14.1. The number of alkyl halides is 3. The van der Waals surface area contributed by atoms with Crippen LogP contribution in [0.2, 0.25) is 0 Å². The van der Waals surface area contributed by atoms with Crippen molar-refractivity contribution >= 4 is 58.5 Å². The van der Waals surface area contributed by atoms with Crippen LogP contribution < -0.4 is 0 Å². The van der Waals surface area contributed by atoms with Gasteiger partial charge in [-0.1, -0.05) is 69.9 Å². The average Bonchev–Trinajstić information content (AvgIpc) is 2.60. The van der Waals surface area contributed by atoms with Crippen LogP contribution in [0.5, 0.6) is 0 Å². The minimum absolute atomic E-state index is 0.657. The van der Waals surface area contributed by atoms with Gasteiger partial charge in [-0.15, -0.1) is 0 Å². The SMILES string of the molecule is CC(=O)O[C@@H]1[C@H](OC(=O)C(Cl)(Cl)Cl)[C@H](C)OC(Sc2ccccc2)[C@H]1N=[N+]=[N-]. The van der Waals surface area contributed by atoms with E-state index in [1.54, 1.807) is 6.92 Å². The number of benzene rings is 1. The van der Waals surface area contributed by atoms with E-state index < -0.39 is 45.5 Å². The fourth-order valence-electron chi connectivity index (χ4n) is 2.58. The first kappa shape index (κ1) is 22.9. The lowest BCUT2D eigenvalue weighted by molar-refractivity contribution is -0.199. The number of thioether (sulfide) groups is 1. The van der Waals surface area contributed by atoms with Gasteiger partial charge in [-0.3, -0.25) is 4.79 Å². The Kier molecular flexibility index (Phi) is 8.12. The van der Waals surface area contributed by atoms with Gasteiger partial charge in [0.15, 0.2) is 12.2 Å². The molecule has 0 aliphatic carbocycles. The molecule has 0 aromatic heterocycles. The van der Waals surface area contributed by atoms with Crippen molar-refractivity contribution in [1.82, 2.24) is 0 Å². The molecule has 1 fully saturated rings. The van der Waals surface area contributed by atoms with Crippen LogP contribution in [0.15, 0.2) is 40.3 Å². The molecule has 1 aromatic rings. The number of esters is 2. The highest BCUT2D eigenvalue weighted by atomic mass is 35.6. The highest BCUT2D eigenvalue weighted by Crippen LogP contribution is 2.38. The number of hydrogen-bond donors (Lipinski definition) is 0. The van der Waals surface area contributed by atoms with E-state index in [1.807, 2.05) is 30.3 Å². The Morgan fingerprint density at radius 2 is 1.86 bits per heavy atom. The third-order valence-corrected chi connectivity index (χ3v) is 5.34. The van der Waals surface area contributed by atoms with Gasteiger partial charge in [0.2, 0.25) is 0 Å². The zero-order chi connectivity index (χ0) is 20.9. The molecule has 0 amide bonds. The number of carbonyl (C=O) groups is 2. The van der Waals surface area contributed by atoms with E-state index in [4.69, 9.17) is 54.5 Å². The summed E-state index contributed by atoms with van der Waals surface area (Å²) >= 11 is 18.0. The van der Waals surface area contributed by atoms with E-state index >= 15 is 0 Å². The molecule has 1 aromatic carbocycles. The van der Waals surface area contributed by atoms with Crippen LogP contribution in [0.1, 0.15) is 13.8 Å². The molecular formula is C16H16Cl3N3O5S. The van der Waals surface area contributed by atoms with Gasteiger partial charge in [0.05, 0.1) is 6.10 Å². The number of carbonyl (C=O) groups excluding carboxylic acids is 2. The summed E-state index contributed by atoms with van der Waals surface area (Å²) in [5, 5.41) is 3.72. The minimum atomic E-state index is -2.33. The molecule has 0 N–H and O–H groups in total. The van der Waals surface area contributed by atoms with Crippen LogP contribution in [0.3, 0.4) is 0 Å². The number of hydrogen-bond acceptors (Lipinski definition) is 7. The Morgan fingerprint density at radius 3 is 2.39 bits per heavy atom. The maximum Gasteiger partial charge on any atom is 0.359 e. The Labute approximate surface area is 180 Å². The number of ether oxygens (including phenoxy) is 3. The van der Waals surface area contributed by atoms with Gasteiger partial charge in [-0.05, 0) is 24.6 Å². The van der Waals surface area contributed by atoms with E-state index in [9.17, 15) is 9.59 Å². The first-order chi connectivity index (χ1) is 13.1. The standard InChI is InChI=1S/C16H16Cl3N3O5S/c1-8-12(27-15(24)16(17,18)19)13(26-9(2)23)11(21-22-20)14(25-8)28-10-6-4-3-5-7-10/h3-8,11-14H,1-2H3/t8-,11-,12+,13-,14?/m0/s1. The Morgan fingerprint density at radius 1 is 1.21 bits per heavy atom. The quantitative estimate of drug-likeness (QED) is 0.208. The van der Waals surface area contributed by atoms with E-state index in [0.29, 0.717) is 0 Å². The minimum Gasteiger partial charge on any atom is -0.458 e. The molecule has 5 atom stereocenters. The summed E-state index contributed by atoms with van der Waals surface area (Å²) in [4.78, 5) is 27.3. The Bertz CT molecular complexity index is 758. The van der Waals surface area contributed by atoms with Gasteiger partial charge < -0.3 is 14.2 Å². The van der Waals surface area contributed by atoms with Crippen LogP contribution in [-0.4, -0.2) is 45.5 Å². The molecule has 0 radical (unpaired) electrons. The molecule has 2 rings (SSSR count). The summed E-state index contributed by atoms with van der Waals surface area (Å²) in [5.41, 5.74) is 8.29. The maximum absolute atomic E-state index is 12.0. The van der Waals surface area contributed by atoms with Gasteiger partial charge in [0, 0.05) is 16.7 Å². The molecule has 8 nitrogen and oxygen atoms in total. The van der Waals surface area contributed by atoms with Crippen LogP contribution in [-0.2, 0) is 23.8 Å². The lowest BCUT2D eigenvalue weighted by Gasteiger charge is -2.42. The number of azide groups is 1. The van der Waals surface area contributed by atoms with Crippen LogP contribution >= 0.6 is 46.6 Å². The van der Waals surface area contributed by atoms with Crippen LogP contribution in [0, 0.1) is 0 Å². The Hall–Kier alpha value is -1.35. The molecule has 0 bridgehead atoms. The molecule has 1 aliphatic heterocycles. The van der Waals surface area contributed by atoms with Crippen LogP contribution in [0.4, 0.5) is 0 Å². The maximum atomic E-state index is 12.0. The van der Waals surface area contributed by atoms with Gasteiger partial charge in [-0.2, -0.15) is 0 Å². The molecule has 1 aliphatic rings. The van der Waals surface area contributed by atoms with Crippen molar-refractivity contribution in [2.75, 3.05) is 0 Å². The fraction of sp³-hybridized carbons (Fsp3) is 0.500. The third kappa shape index (κ3) is 6.07. The molecule has 12 heteroatoms. The zero-order valence-electron chi connectivity index (χ0n) is 14.7. The first-order valence-corrected chi connectivity index (χ1v) is 10.0. The number of halogens is 3. The monoisotopic (exact) mass is 467 g/mol. The van der Waals surface area contributed by atoms with Crippen molar-refractivity contribution in [1.29, 1.82) is 0 Å². The first-order valence-electron chi connectivity index (χ1n) is 8.00. The van der Waals surface area contributed by atoms with Gasteiger partial charge in [0.1, 0.15) is 11.5 Å². The number of rotatable bonds is 5. The summed E-state index contributed by atoms with van der Waals surface area (Å²) in [5.74, 6) is -1.82. The van der Waals surface area contributed by atoms with Crippen molar-refractivity contribution in [2.24, 2.45) is 5.11 Å². The predicted octanol–water partition coefficient (Wildman–Crippen LogP) is 4.42. The smallest absolute Gasteiger partial charge is 0.359 e. The predicted molar refractivity (Wildman–Crippen MR) is 105 cm³/mol. The van der Waals surface area contributed by atoms with Crippen molar-refractivity contribution in [3.63, 3.8) is 0 Å².